The number of hydrogen-bond donors (Lipinski definition) is 4. The van der Waals surface area contributed by atoms with Crippen molar-refractivity contribution in [2.45, 2.75) is 30.1 Å². The highest BCUT2D eigenvalue weighted by Crippen LogP contribution is 2.69. The molecule has 176 valence electrons. The zero-order chi connectivity index (χ0) is 24.4. The van der Waals surface area contributed by atoms with Gasteiger partial charge in [0.1, 0.15) is 11.6 Å². The van der Waals surface area contributed by atoms with E-state index in [2.05, 4.69) is 9.97 Å². The molecule has 0 saturated carbocycles. The van der Waals surface area contributed by atoms with Gasteiger partial charge in [0.2, 0.25) is 5.89 Å². The molecule has 2 aromatic heterocycles. The van der Waals surface area contributed by atoms with E-state index in [-0.39, 0.29) is 17.7 Å². The van der Waals surface area contributed by atoms with E-state index in [1.165, 1.54) is 0 Å². The van der Waals surface area contributed by atoms with Crippen molar-refractivity contribution in [1.29, 1.82) is 0 Å². The standard InChI is InChI=1S/C19H19FN2O8P2S/c1-11-15(22-18(30-11)12-6-8-21-9-7-12)4-5-17(23)33-16-10-13(2-3-14(16)20)19(31(24,25)26)32(27,28)29/h2-3,6-10,19H,4-5H2,1H3,(H2,24,25,26)(H2,27,28,29). The molecule has 0 fully saturated rings. The number of oxazole rings is 1. The molecular formula is C19H19FN2O8P2S. The summed E-state index contributed by atoms with van der Waals surface area (Å²) in [4.78, 5) is 57.8. The van der Waals surface area contributed by atoms with Gasteiger partial charge in [-0.15, -0.1) is 0 Å². The molecule has 33 heavy (non-hydrogen) atoms. The molecule has 0 aliphatic heterocycles. The number of nitrogens with zero attached hydrogens (tertiary/aromatic N) is 2. The third kappa shape index (κ3) is 6.45. The summed E-state index contributed by atoms with van der Waals surface area (Å²) >= 11 is 0.465. The summed E-state index contributed by atoms with van der Waals surface area (Å²) in [5.41, 5.74) is 0.777. The third-order valence-electron chi connectivity index (χ3n) is 4.50. The van der Waals surface area contributed by atoms with Gasteiger partial charge in [0.05, 0.1) is 10.6 Å². The Morgan fingerprint density at radius 3 is 2.36 bits per heavy atom. The van der Waals surface area contributed by atoms with E-state index >= 15 is 0 Å². The van der Waals surface area contributed by atoms with E-state index in [0.29, 0.717) is 34.7 Å². The first-order valence-corrected chi connectivity index (χ1v) is 13.5. The Balaban J connectivity index is 1.74. The monoisotopic (exact) mass is 516 g/mol. The molecule has 0 aliphatic rings. The molecule has 0 saturated heterocycles. The molecule has 14 heteroatoms. The van der Waals surface area contributed by atoms with Crippen LogP contribution in [0.4, 0.5) is 4.39 Å². The van der Waals surface area contributed by atoms with Crippen molar-refractivity contribution < 1.29 is 42.3 Å². The highest BCUT2D eigenvalue weighted by Gasteiger charge is 2.44. The molecule has 0 atom stereocenters. The molecule has 0 bridgehead atoms. The molecule has 0 radical (unpaired) electrons. The van der Waals surface area contributed by atoms with Crippen molar-refractivity contribution in [3.8, 4) is 11.5 Å². The minimum atomic E-state index is -5.27. The van der Waals surface area contributed by atoms with E-state index in [9.17, 15) is 37.9 Å². The Morgan fingerprint density at radius 2 is 1.76 bits per heavy atom. The number of benzene rings is 1. The van der Waals surface area contributed by atoms with Gasteiger partial charge < -0.3 is 24.0 Å². The van der Waals surface area contributed by atoms with Gasteiger partial charge in [-0.3, -0.25) is 18.9 Å². The first-order valence-electron chi connectivity index (χ1n) is 9.33. The Hall–Kier alpha value is -2.17. The van der Waals surface area contributed by atoms with Crippen LogP contribution in [-0.4, -0.2) is 34.7 Å². The van der Waals surface area contributed by atoms with Crippen LogP contribution in [0.2, 0.25) is 0 Å². The Kier molecular flexibility index (Phi) is 7.70. The molecule has 0 spiro atoms. The van der Waals surface area contributed by atoms with Crippen LogP contribution in [0.15, 0.2) is 52.0 Å². The number of carbonyl (C=O) groups excluding carboxylic acids is 1. The number of pyridine rings is 1. The first-order chi connectivity index (χ1) is 15.4. The molecule has 0 aliphatic carbocycles. The summed E-state index contributed by atoms with van der Waals surface area (Å²) in [5.74, 6) is 0.00782. The Morgan fingerprint density at radius 1 is 1.12 bits per heavy atom. The minimum absolute atomic E-state index is 0.0576. The predicted octanol–water partition coefficient (Wildman–Crippen LogP) is 3.79. The van der Waals surface area contributed by atoms with Gasteiger partial charge >= 0.3 is 15.2 Å². The van der Waals surface area contributed by atoms with Gasteiger partial charge in [0.25, 0.3) is 0 Å². The van der Waals surface area contributed by atoms with E-state index in [1.807, 2.05) is 0 Å². The lowest BCUT2D eigenvalue weighted by Gasteiger charge is -2.20. The smallest absolute Gasteiger partial charge is 0.345 e. The van der Waals surface area contributed by atoms with Gasteiger partial charge in [-0.2, -0.15) is 0 Å². The van der Waals surface area contributed by atoms with Crippen molar-refractivity contribution in [3.63, 3.8) is 0 Å². The van der Waals surface area contributed by atoms with Crippen LogP contribution < -0.4 is 0 Å². The molecule has 0 unspecified atom stereocenters. The zero-order valence-electron chi connectivity index (χ0n) is 17.0. The number of aryl methyl sites for hydroxylation is 2. The predicted molar refractivity (Wildman–Crippen MR) is 117 cm³/mol. The van der Waals surface area contributed by atoms with Crippen LogP contribution in [0.1, 0.15) is 28.8 Å². The Bertz CT molecular complexity index is 1240. The van der Waals surface area contributed by atoms with E-state index in [0.717, 1.165) is 18.2 Å². The van der Waals surface area contributed by atoms with Crippen LogP contribution in [0.3, 0.4) is 0 Å². The number of rotatable bonds is 8. The quantitative estimate of drug-likeness (QED) is 0.254. The number of aromatic nitrogens is 2. The summed E-state index contributed by atoms with van der Waals surface area (Å²) < 4.78 is 43.0. The SMILES string of the molecule is Cc1oc(-c2ccncc2)nc1CCC(=O)Sc1cc(C(P(=O)(O)O)P(=O)(O)O)ccc1F. The maximum atomic E-state index is 14.2. The topological polar surface area (TPSA) is 171 Å². The molecule has 10 nitrogen and oxygen atoms in total. The first kappa shape index (κ1) is 25.5. The summed E-state index contributed by atoms with van der Waals surface area (Å²) in [7, 11) is -10.5. The average Bonchev–Trinajstić information content (AvgIpc) is 3.08. The van der Waals surface area contributed by atoms with Crippen molar-refractivity contribution in [2.24, 2.45) is 0 Å². The highest BCUT2D eigenvalue weighted by atomic mass is 32.2. The lowest BCUT2D eigenvalue weighted by atomic mass is 10.2. The van der Waals surface area contributed by atoms with Gasteiger partial charge in [-0.25, -0.2) is 9.37 Å². The second-order valence-corrected chi connectivity index (χ2v) is 11.9. The van der Waals surface area contributed by atoms with Crippen LogP contribution >= 0.6 is 27.0 Å². The van der Waals surface area contributed by atoms with E-state index in [4.69, 9.17) is 4.42 Å². The van der Waals surface area contributed by atoms with Gasteiger partial charge in [0, 0.05) is 30.8 Å². The van der Waals surface area contributed by atoms with E-state index in [1.54, 1.807) is 31.5 Å². The average molecular weight is 516 g/mol. The lowest BCUT2D eigenvalue weighted by molar-refractivity contribution is -0.111. The fourth-order valence-corrected chi connectivity index (χ4v) is 6.49. The molecule has 2 heterocycles. The minimum Gasteiger partial charge on any atom is -0.441 e. The van der Waals surface area contributed by atoms with Gasteiger partial charge in [0.15, 0.2) is 10.5 Å². The summed E-state index contributed by atoms with van der Waals surface area (Å²) in [6.07, 6.45) is 3.31. The van der Waals surface area contributed by atoms with Crippen molar-refractivity contribution in [3.05, 3.63) is 65.6 Å². The molecule has 0 amide bonds. The fraction of sp³-hybridized carbons (Fsp3) is 0.211. The van der Waals surface area contributed by atoms with E-state index < -0.39 is 37.1 Å². The van der Waals surface area contributed by atoms with Crippen LogP contribution in [0, 0.1) is 12.7 Å². The van der Waals surface area contributed by atoms with Crippen molar-refractivity contribution >= 4 is 32.1 Å². The summed E-state index contributed by atoms with van der Waals surface area (Å²) in [6.45, 7) is 1.69. The normalized spacial score (nSPS) is 12.3. The largest absolute Gasteiger partial charge is 0.441 e. The Labute approximate surface area is 191 Å². The van der Waals surface area contributed by atoms with Gasteiger partial charge in [-0.05, 0) is 48.5 Å². The highest BCUT2D eigenvalue weighted by molar-refractivity contribution is 8.13. The lowest BCUT2D eigenvalue weighted by Crippen LogP contribution is -2.03. The zero-order valence-corrected chi connectivity index (χ0v) is 19.6. The fourth-order valence-electron chi connectivity index (χ4n) is 3.02. The second-order valence-electron chi connectivity index (χ2n) is 6.97. The maximum Gasteiger partial charge on any atom is 0.345 e. The molecule has 3 rings (SSSR count). The summed E-state index contributed by atoms with van der Waals surface area (Å²) in [5, 5.41) is -2.94. The second kappa shape index (κ2) is 9.99. The number of thioether (sulfide) groups is 1. The summed E-state index contributed by atoms with van der Waals surface area (Å²) in [6, 6.07) is 5.96. The molecular weight excluding hydrogens is 497 g/mol. The number of halogens is 1. The van der Waals surface area contributed by atoms with Crippen molar-refractivity contribution in [2.75, 3.05) is 0 Å². The van der Waals surface area contributed by atoms with Crippen LogP contribution in [-0.2, 0) is 20.3 Å². The van der Waals surface area contributed by atoms with Gasteiger partial charge in [-0.1, -0.05) is 6.07 Å². The number of carbonyl (C=O) groups is 1. The third-order valence-corrected chi connectivity index (χ3v) is 9.14. The molecule has 1 aromatic carbocycles. The molecule has 3 aromatic rings. The molecule has 4 N–H and O–H groups in total. The van der Waals surface area contributed by atoms with Crippen LogP contribution in [0.5, 0.6) is 0 Å². The van der Waals surface area contributed by atoms with Crippen molar-refractivity contribution in [1.82, 2.24) is 9.97 Å². The van der Waals surface area contributed by atoms with Crippen LogP contribution in [0.25, 0.3) is 11.5 Å². The maximum absolute atomic E-state index is 14.2. The number of hydrogen-bond acceptors (Lipinski definition) is 7.